The number of fused-ring (bicyclic) bond motifs is 1. The maximum atomic E-state index is 15.0. The number of alkyl halides is 1. The summed E-state index contributed by atoms with van der Waals surface area (Å²) in [5.74, 6) is 0. The van der Waals surface area contributed by atoms with E-state index >= 15 is 4.39 Å². The Morgan fingerprint density at radius 1 is 1.11 bits per heavy atom. The molecule has 1 fully saturated rings. The lowest BCUT2D eigenvalue weighted by Gasteiger charge is -2.33. The molecule has 18 heavy (non-hydrogen) atoms. The van der Waals surface area contributed by atoms with Crippen molar-refractivity contribution in [1.82, 2.24) is 0 Å². The second-order valence-electron chi connectivity index (χ2n) is 5.38. The predicted molar refractivity (Wildman–Crippen MR) is 73.2 cm³/mol. The molecule has 1 nitrogen and oxygen atoms in total. The third kappa shape index (κ3) is 2.01. The molecule has 0 saturated heterocycles. The van der Waals surface area contributed by atoms with Crippen LogP contribution in [-0.4, -0.2) is 6.04 Å². The van der Waals surface area contributed by atoms with Crippen molar-refractivity contribution in [2.24, 2.45) is 5.73 Å². The molecule has 0 amide bonds. The van der Waals surface area contributed by atoms with Crippen LogP contribution in [0.3, 0.4) is 0 Å². The molecule has 0 spiro atoms. The third-order valence-corrected chi connectivity index (χ3v) is 4.00. The SMILES string of the molecule is NC1CCCC(F)(c2ccc3ccccc3c2)C1. The Labute approximate surface area is 107 Å². The number of halogens is 1. The van der Waals surface area contributed by atoms with E-state index in [0.29, 0.717) is 12.8 Å². The first-order chi connectivity index (χ1) is 8.67. The topological polar surface area (TPSA) is 26.0 Å². The van der Waals surface area contributed by atoms with Crippen molar-refractivity contribution in [1.29, 1.82) is 0 Å². The van der Waals surface area contributed by atoms with Gasteiger partial charge < -0.3 is 5.73 Å². The van der Waals surface area contributed by atoms with Gasteiger partial charge in [-0.05, 0) is 41.7 Å². The molecule has 3 rings (SSSR count). The van der Waals surface area contributed by atoms with E-state index in [-0.39, 0.29) is 6.04 Å². The Kier molecular flexibility index (Phi) is 2.83. The van der Waals surface area contributed by atoms with Gasteiger partial charge in [-0.3, -0.25) is 0 Å². The lowest BCUT2D eigenvalue weighted by molar-refractivity contribution is 0.0949. The first-order valence-corrected chi connectivity index (χ1v) is 6.61. The predicted octanol–water partition coefficient (Wildman–Crippen LogP) is 3.91. The quantitative estimate of drug-likeness (QED) is 0.807. The van der Waals surface area contributed by atoms with Crippen LogP contribution in [0.15, 0.2) is 42.5 Å². The van der Waals surface area contributed by atoms with Crippen LogP contribution in [0.4, 0.5) is 4.39 Å². The van der Waals surface area contributed by atoms with Crippen molar-refractivity contribution < 1.29 is 4.39 Å². The van der Waals surface area contributed by atoms with Crippen molar-refractivity contribution in [2.45, 2.75) is 37.4 Å². The van der Waals surface area contributed by atoms with Gasteiger partial charge in [-0.2, -0.15) is 0 Å². The average molecular weight is 243 g/mol. The van der Waals surface area contributed by atoms with E-state index in [2.05, 4.69) is 6.07 Å². The van der Waals surface area contributed by atoms with E-state index < -0.39 is 5.67 Å². The lowest BCUT2D eigenvalue weighted by Crippen LogP contribution is -2.36. The van der Waals surface area contributed by atoms with Gasteiger partial charge in [-0.1, -0.05) is 36.4 Å². The van der Waals surface area contributed by atoms with E-state index in [1.807, 2.05) is 36.4 Å². The molecule has 2 heteroatoms. The largest absolute Gasteiger partial charge is 0.328 e. The molecular weight excluding hydrogens is 225 g/mol. The van der Waals surface area contributed by atoms with Gasteiger partial charge in [0, 0.05) is 12.5 Å². The summed E-state index contributed by atoms with van der Waals surface area (Å²) >= 11 is 0. The molecule has 1 aliphatic carbocycles. The molecule has 2 aromatic rings. The highest BCUT2D eigenvalue weighted by Crippen LogP contribution is 2.41. The summed E-state index contributed by atoms with van der Waals surface area (Å²) in [6.07, 6.45) is 2.87. The Morgan fingerprint density at radius 3 is 2.67 bits per heavy atom. The zero-order valence-electron chi connectivity index (χ0n) is 10.4. The van der Waals surface area contributed by atoms with Crippen LogP contribution in [0.25, 0.3) is 10.8 Å². The maximum Gasteiger partial charge on any atom is 0.137 e. The van der Waals surface area contributed by atoms with Gasteiger partial charge in [0.05, 0.1) is 0 Å². The smallest absolute Gasteiger partial charge is 0.137 e. The zero-order chi connectivity index (χ0) is 12.6. The summed E-state index contributed by atoms with van der Waals surface area (Å²) in [6, 6.07) is 14.0. The van der Waals surface area contributed by atoms with Crippen molar-refractivity contribution in [3.8, 4) is 0 Å². The summed E-state index contributed by atoms with van der Waals surface area (Å²) in [7, 11) is 0. The molecule has 1 aliphatic rings. The van der Waals surface area contributed by atoms with Crippen LogP contribution in [0, 0.1) is 0 Å². The first kappa shape index (κ1) is 11.7. The molecule has 2 unspecified atom stereocenters. The van der Waals surface area contributed by atoms with Crippen molar-refractivity contribution in [2.75, 3.05) is 0 Å². The summed E-state index contributed by atoms with van der Waals surface area (Å²) in [5, 5.41) is 2.26. The molecule has 2 atom stereocenters. The minimum atomic E-state index is -1.23. The van der Waals surface area contributed by atoms with Crippen molar-refractivity contribution >= 4 is 10.8 Å². The van der Waals surface area contributed by atoms with Gasteiger partial charge in [-0.25, -0.2) is 4.39 Å². The van der Waals surface area contributed by atoms with Crippen LogP contribution in [0.1, 0.15) is 31.2 Å². The van der Waals surface area contributed by atoms with Crippen LogP contribution in [0.2, 0.25) is 0 Å². The number of rotatable bonds is 1. The Morgan fingerprint density at radius 2 is 1.89 bits per heavy atom. The van der Waals surface area contributed by atoms with E-state index in [4.69, 9.17) is 5.73 Å². The van der Waals surface area contributed by atoms with Crippen LogP contribution >= 0.6 is 0 Å². The molecule has 0 heterocycles. The number of nitrogens with two attached hydrogens (primary N) is 1. The normalized spacial score (nSPS) is 28.4. The van der Waals surface area contributed by atoms with Crippen molar-refractivity contribution in [3.05, 3.63) is 48.0 Å². The maximum absolute atomic E-state index is 15.0. The molecule has 0 radical (unpaired) electrons. The second-order valence-corrected chi connectivity index (χ2v) is 5.38. The van der Waals surface area contributed by atoms with E-state index in [0.717, 1.165) is 29.2 Å². The highest BCUT2D eigenvalue weighted by Gasteiger charge is 2.36. The third-order valence-electron chi connectivity index (χ3n) is 4.00. The molecule has 1 saturated carbocycles. The van der Waals surface area contributed by atoms with Gasteiger partial charge >= 0.3 is 0 Å². The van der Waals surface area contributed by atoms with Gasteiger partial charge in [0.2, 0.25) is 0 Å². The summed E-state index contributed by atoms with van der Waals surface area (Å²) in [5.41, 5.74) is 5.47. The number of hydrogen-bond acceptors (Lipinski definition) is 1. The minimum absolute atomic E-state index is 0.00443. The fourth-order valence-electron chi connectivity index (χ4n) is 2.99. The second kappa shape index (κ2) is 4.36. The first-order valence-electron chi connectivity index (χ1n) is 6.61. The highest BCUT2D eigenvalue weighted by atomic mass is 19.1. The van der Waals surface area contributed by atoms with E-state index in [9.17, 15) is 0 Å². The summed E-state index contributed by atoms with van der Waals surface area (Å²) in [6.45, 7) is 0. The standard InChI is InChI=1S/C16H18FN/c17-16(9-3-6-15(18)11-16)14-8-7-12-4-1-2-5-13(12)10-14/h1-2,4-5,7-8,10,15H,3,6,9,11,18H2. The Balaban J connectivity index is 2.02. The number of hydrogen-bond donors (Lipinski definition) is 1. The van der Waals surface area contributed by atoms with E-state index in [1.54, 1.807) is 0 Å². The highest BCUT2D eigenvalue weighted by molar-refractivity contribution is 5.83. The summed E-state index contributed by atoms with van der Waals surface area (Å²) < 4.78 is 15.0. The van der Waals surface area contributed by atoms with Crippen molar-refractivity contribution in [3.63, 3.8) is 0 Å². The van der Waals surface area contributed by atoms with Crippen LogP contribution in [-0.2, 0) is 5.67 Å². The fraction of sp³-hybridized carbons (Fsp3) is 0.375. The van der Waals surface area contributed by atoms with Gasteiger partial charge in [-0.15, -0.1) is 0 Å². The average Bonchev–Trinajstić information content (AvgIpc) is 2.38. The molecule has 0 bridgehead atoms. The minimum Gasteiger partial charge on any atom is -0.328 e. The molecule has 0 aliphatic heterocycles. The fourth-order valence-corrected chi connectivity index (χ4v) is 2.99. The molecule has 2 N–H and O–H groups in total. The molecular formula is C16H18FN. The number of benzene rings is 2. The molecule has 0 aromatic heterocycles. The lowest BCUT2D eigenvalue weighted by atomic mass is 9.78. The van der Waals surface area contributed by atoms with Gasteiger partial charge in [0.15, 0.2) is 0 Å². The Hall–Kier alpha value is -1.41. The summed E-state index contributed by atoms with van der Waals surface area (Å²) in [4.78, 5) is 0. The van der Waals surface area contributed by atoms with Gasteiger partial charge in [0.25, 0.3) is 0 Å². The monoisotopic (exact) mass is 243 g/mol. The Bertz CT molecular complexity index is 566. The zero-order valence-corrected chi connectivity index (χ0v) is 10.4. The van der Waals surface area contributed by atoms with Crippen LogP contribution < -0.4 is 5.73 Å². The van der Waals surface area contributed by atoms with Crippen LogP contribution in [0.5, 0.6) is 0 Å². The van der Waals surface area contributed by atoms with Gasteiger partial charge in [0.1, 0.15) is 5.67 Å². The molecule has 94 valence electrons. The molecule has 2 aromatic carbocycles. The van der Waals surface area contributed by atoms with E-state index in [1.165, 1.54) is 0 Å².